The van der Waals surface area contributed by atoms with E-state index in [1.54, 1.807) is 13.0 Å². The van der Waals surface area contributed by atoms with Gasteiger partial charge in [-0.3, -0.25) is 9.89 Å². The van der Waals surface area contributed by atoms with E-state index < -0.39 is 11.9 Å². The van der Waals surface area contributed by atoms with Crippen molar-refractivity contribution in [1.29, 1.82) is 0 Å². The number of aromatic amines is 2. The van der Waals surface area contributed by atoms with E-state index in [0.717, 1.165) is 5.69 Å². The molecule has 19 heavy (non-hydrogen) atoms. The number of carbonyl (C=O) groups is 2. The van der Waals surface area contributed by atoms with E-state index in [1.165, 1.54) is 13.3 Å². The number of esters is 1. The molecular formula is C11H11BrN4O3. The largest absolute Gasteiger partial charge is 0.464 e. The standard InChI is InChI=1S/C11H11BrN4O3/c1-5-3-7(9(14-5)11(18)19-2)15-10(17)8-6(12)4-13-16-8/h3-4,14H,1-2H3,(H,13,16)(H,15,17). The van der Waals surface area contributed by atoms with Crippen LogP contribution in [0, 0.1) is 6.92 Å². The lowest BCUT2D eigenvalue weighted by molar-refractivity contribution is 0.0596. The van der Waals surface area contributed by atoms with Crippen molar-refractivity contribution in [2.24, 2.45) is 0 Å². The second kappa shape index (κ2) is 5.27. The number of H-pyrrole nitrogens is 2. The summed E-state index contributed by atoms with van der Waals surface area (Å²) in [5.74, 6) is -0.958. The summed E-state index contributed by atoms with van der Waals surface area (Å²) >= 11 is 3.19. The van der Waals surface area contributed by atoms with Gasteiger partial charge in [-0.2, -0.15) is 5.10 Å². The van der Waals surface area contributed by atoms with E-state index in [4.69, 9.17) is 0 Å². The Bertz CT molecular complexity index is 632. The van der Waals surface area contributed by atoms with Crippen LogP contribution in [0.1, 0.15) is 26.7 Å². The van der Waals surface area contributed by atoms with Crippen molar-refractivity contribution in [3.05, 3.63) is 33.8 Å². The topological polar surface area (TPSA) is 99.9 Å². The first-order chi connectivity index (χ1) is 9.02. The minimum atomic E-state index is -0.549. The number of ether oxygens (including phenoxy) is 1. The minimum Gasteiger partial charge on any atom is -0.464 e. The van der Waals surface area contributed by atoms with E-state index in [1.807, 2.05) is 0 Å². The first kappa shape index (κ1) is 13.3. The molecule has 0 bridgehead atoms. The first-order valence-corrected chi connectivity index (χ1v) is 6.10. The number of halogens is 1. The van der Waals surface area contributed by atoms with Crippen LogP contribution in [0.25, 0.3) is 0 Å². The molecule has 3 N–H and O–H groups in total. The monoisotopic (exact) mass is 326 g/mol. The number of carbonyl (C=O) groups excluding carboxylic acids is 2. The maximum Gasteiger partial charge on any atom is 0.356 e. The van der Waals surface area contributed by atoms with E-state index >= 15 is 0 Å². The Hall–Kier alpha value is -2.09. The van der Waals surface area contributed by atoms with Crippen molar-refractivity contribution >= 4 is 33.5 Å². The highest BCUT2D eigenvalue weighted by atomic mass is 79.9. The van der Waals surface area contributed by atoms with Gasteiger partial charge in [0.1, 0.15) is 11.4 Å². The number of aromatic nitrogens is 3. The molecule has 2 aromatic rings. The molecule has 1 amide bonds. The summed E-state index contributed by atoms with van der Waals surface area (Å²) < 4.78 is 5.17. The number of rotatable bonds is 3. The quantitative estimate of drug-likeness (QED) is 0.749. The smallest absolute Gasteiger partial charge is 0.356 e. The molecule has 0 aromatic carbocycles. The number of hydrogen-bond acceptors (Lipinski definition) is 4. The van der Waals surface area contributed by atoms with Crippen molar-refractivity contribution in [3.63, 3.8) is 0 Å². The fraction of sp³-hybridized carbons (Fsp3) is 0.182. The van der Waals surface area contributed by atoms with Gasteiger partial charge in [-0.05, 0) is 28.9 Å². The van der Waals surface area contributed by atoms with Gasteiger partial charge in [0.25, 0.3) is 5.91 Å². The number of methoxy groups -OCH3 is 1. The summed E-state index contributed by atoms with van der Waals surface area (Å²) in [6.07, 6.45) is 1.47. The van der Waals surface area contributed by atoms with E-state index in [0.29, 0.717) is 10.2 Å². The molecule has 0 aliphatic rings. The predicted octanol–water partition coefficient (Wildman–Crippen LogP) is 1.85. The summed E-state index contributed by atoms with van der Waals surface area (Å²) in [6, 6.07) is 1.65. The summed E-state index contributed by atoms with van der Waals surface area (Å²) in [4.78, 5) is 26.4. The number of amides is 1. The van der Waals surface area contributed by atoms with Gasteiger partial charge in [0.15, 0.2) is 0 Å². The number of nitrogens with one attached hydrogen (secondary N) is 3. The average Bonchev–Trinajstić information content (AvgIpc) is 2.94. The molecule has 0 spiro atoms. The van der Waals surface area contributed by atoms with Gasteiger partial charge in [-0.25, -0.2) is 4.79 Å². The number of aryl methyl sites for hydroxylation is 1. The van der Waals surface area contributed by atoms with Crippen LogP contribution in [-0.4, -0.2) is 34.2 Å². The molecule has 0 radical (unpaired) electrons. The van der Waals surface area contributed by atoms with Gasteiger partial charge in [0, 0.05) is 5.69 Å². The highest BCUT2D eigenvalue weighted by Crippen LogP contribution is 2.20. The van der Waals surface area contributed by atoms with Gasteiger partial charge >= 0.3 is 5.97 Å². The summed E-state index contributed by atoms with van der Waals surface area (Å²) in [5, 5.41) is 8.91. The molecule has 0 saturated heterocycles. The van der Waals surface area contributed by atoms with Gasteiger partial charge < -0.3 is 15.0 Å². The predicted molar refractivity (Wildman–Crippen MR) is 71.1 cm³/mol. The molecular weight excluding hydrogens is 316 g/mol. The normalized spacial score (nSPS) is 10.3. The second-order valence-corrected chi connectivity index (χ2v) is 4.63. The van der Waals surface area contributed by atoms with Crippen molar-refractivity contribution in [2.75, 3.05) is 12.4 Å². The molecule has 8 heteroatoms. The van der Waals surface area contributed by atoms with E-state index in [2.05, 4.69) is 41.2 Å². The van der Waals surface area contributed by atoms with Gasteiger partial charge in [-0.15, -0.1) is 0 Å². The van der Waals surface area contributed by atoms with Crippen LogP contribution >= 0.6 is 15.9 Å². The summed E-state index contributed by atoms with van der Waals surface area (Å²) in [5.41, 5.74) is 1.56. The first-order valence-electron chi connectivity index (χ1n) is 5.31. The molecule has 0 atom stereocenters. The summed E-state index contributed by atoms with van der Waals surface area (Å²) in [6.45, 7) is 1.77. The third kappa shape index (κ3) is 2.68. The SMILES string of the molecule is COC(=O)c1[nH]c(C)cc1NC(=O)c1[nH]ncc1Br. The lowest BCUT2D eigenvalue weighted by atomic mass is 10.3. The Labute approximate surface area is 116 Å². The molecule has 0 fully saturated rings. The van der Waals surface area contributed by atoms with Crippen LogP contribution < -0.4 is 5.32 Å². The lowest BCUT2D eigenvalue weighted by Crippen LogP contribution is -2.15. The number of hydrogen-bond donors (Lipinski definition) is 3. The Kier molecular flexibility index (Phi) is 3.70. The van der Waals surface area contributed by atoms with Crippen molar-refractivity contribution in [2.45, 2.75) is 6.92 Å². The van der Waals surface area contributed by atoms with Crippen LogP contribution in [0.2, 0.25) is 0 Å². The molecule has 0 unspecified atom stereocenters. The Morgan fingerprint density at radius 3 is 2.74 bits per heavy atom. The van der Waals surface area contributed by atoms with Gasteiger partial charge in [0.2, 0.25) is 0 Å². The summed E-state index contributed by atoms with van der Waals surface area (Å²) in [7, 11) is 1.27. The fourth-order valence-corrected chi connectivity index (χ4v) is 1.94. The average molecular weight is 327 g/mol. The van der Waals surface area contributed by atoms with E-state index in [9.17, 15) is 9.59 Å². The molecule has 100 valence electrons. The molecule has 2 aromatic heterocycles. The maximum absolute atomic E-state index is 12.0. The van der Waals surface area contributed by atoms with Crippen molar-refractivity contribution in [3.8, 4) is 0 Å². The molecule has 2 rings (SSSR count). The highest BCUT2D eigenvalue weighted by molar-refractivity contribution is 9.10. The minimum absolute atomic E-state index is 0.198. The molecule has 0 saturated carbocycles. The molecule has 7 nitrogen and oxygen atoms in total. The molecule has 0 aliphatic carbocycles. The lowest BCUT2D eigenvalue weighted by Gasteiger charge is -2.04. The van der Waals surface area contributed by atoms with Crippen LogP contribution in [0.15, 0.2) is 16.7 Å². The third-order valence-electron chi connectivity index (χ3n) is 2.41. The third-order valence-corrected chi connectivity index (χ3v) is 3.01. The Morgan fingerprint density at radius 2 is 2.16 bits per heavy atom. The Balaban J connectivity index is 2.27. The highest BCUT2D eigenvalue weighted by Gasteiger charge is 2.19. The van der Waals surface area contributed by atoms with Crippen molar-refractivity contribution < 1.29 is 14.3 Å². The second-order valence-electron chi connectivity index (χ2n) is 3.78. The number of anilines is 1. The Morgan fingerprint density at radius 1 is 1.42 bits per heavy atom. The maximum atomic E-state index is 12.0. The van der Waals surface area contributed by atoms with E-state index in [-0.39, 0.29) is 11.4 Å². The van der Waals surface area contributed by atoms with Crippen LogP contribution in [0.5, 0.6) is 0 Å². The van der Waals surface area contributed by atoms with Gasteiger partial charge in [-0.1, -0.05) is 0 Å². The molecule has 0 aliphatic heterocycles. The fourth-order valence-electron chi connectivity index (χ4n) is 1.57. The zero-order valence-electron chi connectivity index (χ0n) is 10.2. The zero-order chi connectivity index (χ0) is 14.0. The van der Waals surface area contributed by atoms with Crippen LogP contribution in [-0.2, 0) is 4.74 Å². The van der Waals surface area contributed by atoms with Crippen LogP contribution in [0.3, 0.4) is 0 Å². The van der Waals surface area contributed by atoms with Gasteiger partial charge in [0.05, 0.1) is 23.5 Å². The molecule has 2 heterocycles. The van der Waals surface area contributed by atoms with Crippen LogP contribution in [0.4, 0.5) is 5.69 Å². The number of nitrogens with zero attached hydrogens (tertiary/aromatic N) is 1. The van der Waals surface area contributed by atoms with Crippen molar-refractivity contribution in [1.82, 2.24) is 15.2 Å². The zero-order valence-corrected chi connectivity index (χ0v) is 11.8.